The van der Waals surface area contributed by atoms with Crippen LogP contribution in [0, 0.1) is 23.7 Å². The van der Waals surface area contributed by atoms with Crippen LogP contribution in [0.2, 0.25) is 0 Å². The topological polar surface area (TPSA) is 58.2 Å². The fourth-order valence-electron chi connectivity index (χ4n) is 2.86. The van der Waals surface area contributed by atoms with Crippen LogP contribution in [0.25, 0.3) is 0 Å². The molecule has 0 radical (unpaired) electrons. The predicted octanol–water partition coefficient (Wildman–Crippen LogP) is 1.70. The summed E-state index contributed by atoms with van der Waals surface area (Å²) in [5.74, 6) is 1.95. The monoisotopic (exact) mass is 266 g/mol. The second-order valence-corrected chi connectivity index (χ2v) is 6.79. The lowest BCUT2D eigenvalue weighted by molar-refractivity contribution is -0.124. The van der Waals surface area contributed by atoms with E-state index in [1.54, 1.807) is 0 Å². The van der Waals surface area contributed by atoms with Gasteiger partial charge < -0.3 is 10.6 Å². The molecule has 2 rings (SSSR count). The van der Waals surface area contributed by atoms with Crippen molar-refractivity contribution in [2.45, 2.75) is 52.0 Å². The van der Waals surface area contributed by atoms with E-state index in [4.69, 9.17) is 0 Å². The minimum absolute atomic E-state index is 0.110. The standard InChI is InChI=1S/C15H26N2O2/c1-4-15(2,3)17-14(19)13-11(7-10-5-6-10)12(13)8-16-9-18/h9-13H,4-8H2,1-3H3,(H,16,18)(H,17,19). The zero-order valence-electron chi connectivity index (χ0n) is 12.2. The van der Waals surface area contributed by atoms with Crippen LogP contribution < -0.4 is 10.6 Å². The third kappa shape index (κ3) is 3.71. The van der Waals surface area contributed by atoms with Crippen LogP contribution in [0.3, 0.4) is 0 Å². The molecule has 2 amide bonds. The van der Waals surface area contributed by atoms with Gasteiger partial charge in [0.05, 0.1) is 0 Å². The lowest BCUT2D eigenvalue weighted by atomic mass is 10.0. The Morgan fingerprint density at radius 1 is 1.32 bits per heavy atom. The molecule has 2 fully saturated rings. The summed E-state index contributed by atoms with van der Waals surface area (Å²) < 4.78 is 0. The molecule has 0 saturated heterocycles. The molecule has 2 N–H and O–H groups in total. The molecule has 0 aromatic rings. The quantitative estimate of drug-likeness (QED) is 0.657. The second-order valence-electron chi connectivity index (χ2n) is 6.79. The summed E-state index contributed by atoms with van der Waals surface area (Å²) in [5, 5.41) is 5.88. The maximum absolute atomic E-state index is 12.3. The van der Waals surface area contributed by atoms with Gasteiger partial charge in [-0.05, 0) is 44.4 Å². The SMILES string of the molecule is CCC(C)(C)NC(=O)C1C(CNC=O)C1CC1CC1. The van der Waals surface area contributed by atoms with Crippen LogP contribution in [0.4, 0.5) is 0 Å². The van der Waals surface area contributed by atoms with E-state index in [9.17, 15) is 9.59 Å². The Morgan fingerprint density at radius 2 is 2.00 bits per heavy atom. The highest BCUT2D eigenvalue weighted by molar-refractivity contribution is 5.83. The van der Waals surface area contributed by atoms with Crippen LogP contribution in [-0.4, -0.2) is 24.4 Å². The van der Waals surface area contributed by atoms with Crippen LogP contribution >= 0.6 is 0 Å². The first kappa shape index (κ1) is 14.4. The lowest BCUT2D eigenvalue weighted by Gasteiger charge is -2.24. The van der Waals surface area contributed by atoms with Crippen molar-refractivity contribution in [3.8, 4) is 0 Å². The first-order valence-electron chi connectivity index (χ1n) is 7.47. The van der Waals surface area contributed by atoms with Gasteiger partial charge in [-0.15, -0.1) is 0 Å². The molecule has 0 aromatic carbocycles. The summed E-state index contributed by atoms with van der Waals surface area (Å²) in [6, 6.07) is 0. The molecule has 0 heterocycles. The van der Waals surface area contributed by atoms with Gasteiger partial charge in [0.2, 0.25) is 12.3 Å². The van der Waals surface area contributed by atoms with Gasteiger partial charge in [0.25, 0.3) is 0 Å². The van der Waals surface area contributed by atoms with Gasteiger partial charge in [-0.3, -0.25) is 9.59 Å². The molecule has 0 aliphatic heterocycles. The number of rotatable bonds is 8. The van der Waals surface area contributed by atoms with Gasteiger partial charge in [0.1, 0.15) is 0 Å². The van der Waals surface area contributed by atoms with E-state index in [0.29, 0.717) is 18.4 Å². The third-order valence-corrected chi connectivity index (χ3v) is 4.72. The van der Waals surface area contributed by atoms with E-state index in [-0.39, 0.29) is 17.4 Å². The summed E-state index contributed by atoms with van der Waals surface area (Å²) in [4.78, 5) is 22.8. The molecule has 2 aliphatic carbocycles. The highest BCUT2D eigenvalue weighted by atomic mass is 16.2. The van der Waals surface area contributed by atoms with E-state index in [1.807, 2.05) is 0 Å². The molecule has 0 spiro atoms. The molecule has 0 aromatic heterocycles. The predicted molar refractivity (Wildman–Crippen MR) is 74.4 cm³/mol. The van der Waals surface area contributed by atoms with Gasteiger partial charge in [-0.1, -0.05) is 19.8 Å². The molecule has 0 bridgehead atoms. The van der Waals surface area contributed by atoms with Crippen LogP contribution in [-0.2, 0) is 9.59 Å². The molecule has 19 heavy (non-hydrogen) atoms. The average molecular weight is 266 g/mol. The van der Waals surface area contributed by atoms with E-state index < -0.39 is 0 Å². The van der Waals surface area contributed by atoms with E-state index in [1.165, 1.54) is 12.8 Å². The number of carbonyl (C=O) groups excluding carboxylic acids is 2. The van der Waals surface area contributed by atoms with E-state index >= 15 is 0 Å². The fourth-order valence-corrected chi connectivity index (χ4v) is 2.86. The highest BCUT2D eigenvalue weighted by Gasteiger charge is 2.55. The Kier molecular flexibility index (Phi) is 4.16. The Morgan fingerprint density at radius 3 is 2.53 bits per heavy atom. The van der Waals surface area contributed by atoms with Crippen molar-refractivity contribution in [2.24, 2.45) is 23.7 Å². The Bertz CT molecular complexity index is 350. The van der Waals surface area contributed by atoms with Crippen molar-refractivity contribution < 1.29 is 9.59 Å². The second kappa shape index (κ2) is 5.51. The lowest BCUT2D eigenvalue weighted by Crippen LogP contribution is -2.44. The summed E-state index contributed by atoms with van der Waals surface area (Å²) in [6.07, 6.45) is 5.46. The first-order chi connectivity index (χ1) is 8.98. The van der Waals surface area contributed by atoms with Crippen molar-refractivity contribution in [3.05, 3.63) is 0 Å². The molecular weight excluding hydrogens is 240 g/mol. The highest BCUT2D eigenvalue weighted by Crippen LogP contribution is 2.53. The first-order valence-corrected chi connectivity index (χ1v) is 7.47. The Hall–Kier alpha value is -1.06. The number of hydrogen-bond acceptors (Lipinski definition) is 2. The Balaban J connectivity index is 1.88. The Labute approximate surface area is 115 Å². The summed E-state index contributed by atoms with van der Waals surface area (Å²) >= 11 is 0. The summed E-state index contributed by atoms with van der Waals surface area (Å²) in [7, 11) is 0. The smallest absolute Gasteiger partial charge is 0.224 e. The number of hydrogen-bond donors (Lipinski definition) is 2. The van der Waals surface area contributed by atoms with Crippen LogP contribution in [0.1, 0.15) is 46.5 Å². The van der Waals surface area contributed by atoms with Gasteiger partial charge >= 0.3 is 0 Å². The van der Waals surface area contributed by atoms with E-state index in [2.05, 4.69) is 31.4 Å². The normalized spacial score (nSPS) is 29.7. The average Bonchev–Trinajstić information content (AvgIpc) is 3.24. The largest absolute Gasteiger partial charge is 0.358 e. The van der Waals surface area contributed by atoms with Crippen molar-refractivity contribution in [1.29, 1.82) is 0 Å². The molecule has 2 aliphatic rings. The van der Waals surface area contributed by atoms with Crippen molar-refractivity contribution >= 4 is 12.3 Å². The zero-order chi connectivity index (χ0) is 14.0. The van der Waals surface area contributed by atoms with Gasteiger partial charge in [-0.2, -0.15) is 0 Å². The van der Waals surface area contributed by atoms with Crippen molar-refractivity contribution in [3.63, 3.8) is 0 Å². The fraction of sp³-hybridized carbons (Fsp3) is 0.867. The van der Waals surface area contributed by atoms with E-state index in [0.717, 1.165) is 25.2 Å². The minimum Gasteiger partial charge on any atom is -0.358 e. The molecule has 3 atom stereocenters. The minimum atomic E-state index is -0.132. The third-order valence-electron chi connectivity index (χ3n) is 4.72. The number of nitrogens with one attached hydrogen (secondary N) is 2. The molecule has 2 saturated carbocycles. The van der Waals surface area contributed by atoms with Crippen LogP contribution in [0.5, 0.6) is 0 Å². The van der Waals surface area contributed by atoms with Crippen LogP contribution in [0.15, 0.2) is 0 Å². The molecule has 3 unspecified atom stereocenters. The molecule has 4 nitrogen and oxygen atoms in total. The number of amides is 2. The zero-order valence-corrected chi connectivity index (χ0v) is 12.2. The summed E-state index contributed by atoms with van der Waals surface area (Å²) in [6.45, 7) is 6.84. The van der Waals surface area contributed by atoms with Gasteiger partial charge in [0, 0.05) is 18.0 Å². The van der Waals surface area contributed by atoms with Gasteiger partial charge in [0.15, 0.2) is 0 Å². The maximum atomic E-state index is 12.3. The molecule has 4 heteroatoms. The van der Waals surface area contributed by atoms with Crippen molar-refractivity contribution in [2.75, 3.05) is 6.54 Å². The van der Waals surface area contributed by atoms with Gasteiger partial charge in [-0.25, -0.2) is 0 Å². The molecule has 108 valence electrons. The maximum Gasteiger partial charge on any atom is 0.224 e. The summed E-state index contributed by atoms with van der Waals surface area (Å²) in [5.41, 5.74) is -0.132. The number of carbonyl (C=O) groups is 2. The van der Waals surface area contributed by atoms with Crippen molar-refractivity contribution in [1.82, 2.24) is 10.6 Å². The molecular formula is C15H26N2O2.